The average molecular weight is 470 g/mol. The van der Waals surface area contributed by atoms with Crippen LogP contribution in [0.1, 0.15) is 26.3 Å². The Kier molecular flexibility index (Phi) is 7.19. The Morgan fingerprint density at radius 3 is 1.89 bits per heavy atom. The normalized spacial score (nSPS) is 14.7. The average Bonchev–Trinajstić information content (AvgIpc) is 2.90. The maximum Gasteiger partial charge on any atom is 0.269 e. The van der Waals surface area contributed by atoms with Gasteiger partial charge in [-0.15, -0.1) is 0 Å². The van der Waals surface area contributed by atoms with Crippen LogP contribution in [0.2, 0.25) is 0 Å². The van der Waals surface area contributed by atoms with Crippen LogP contribution in [0.25, 0.3) is 10.9 Å². The molecule has 0 aliphatic carbocycles. The van der Waals surface area contributed by atoms with Gasteiger partial charge in [0.2, 0.25) is 0 Å². The molecule has 0 saturated carbocycles. The van der Waals surface area contributed by atoms with Crippen LogP contribution in [-0.4, -0.2) is 0 Å². The quantitative estimate of drug-likeness (QED) is 0.277. The van der Waals surface area contributed by atoms with Crippen LogP contribution in [0, 0.1) is 23.3 Å². The van der Waals surface area contributed by atoms with Gasteiger partial charge in [0.05, 0.1) is 12.6 Å². The molecular formula is C32H27N3O. The molecule has 3 aromatic carbocycles. The number of nitriles is 1. The molecule has 0 atom stereocenters. The van der Waals surface area contributed by atoms with Crippen molar-refractivity contribution in [2.75, 3.05) is 4.90 Å². The number of nitrogens with zero attached hydrogens (tertiary/aromatic N) is 3. The number of benzene rings is 3. The van der Waals surface area contributed by atoms with Gasteiger partial charge in [-0.25, -0.2) is 10.1 Å². The van der Waals surface area contributed by atoms with Crippen molar-refractivity contribution < 1.29 is 4.74 Å². The summed E-state index contributed by atoms with van der Waals surface area (Å²) in [7, 11) is 0. The topological polar surface area (TPSA) is 40.6 Å². The molecule has 36 heavy (non-hydrogen) atoms. The van der Waals surface area contributed by atoms with E-state index in [2.05, 4.69) is 58.3 Å². The first-order valence-electron chi connectivity index (χ1n) is 11.7. The first-order valence-corrected chi connectivity index (χ1v) is 11.7. The van der Waals surface area contributed by atoms with E-state index < -0.39 is 0 Å². The molecule has 0 unspecified atom stereocenters. The summed E-state index contributed by atoms with van der Waals surface area (Å²) >= 11 is 0. The van der Waals surface area contributed by atoms with Gasteiger partial charge < -0.3 is 9.64 Å². The van der Waals surface area contributed by atoms with E-state index in [9.17, 15) is 5.26 Å². The molecule has 1 heterocycles. The zero-order valence-electron chi connectivity index (χ0n) is 20.6. The lowest BCUT2D eigenvalue weighted by Gasteiger charge is -2.26. The molecule has 176 valence electrons. The lowest BCUT2D eigenvalue weighted by Crippen LogP contribution is -2.14. The van der Waals surface area contributed by atoms with Crippen molar-refractivity contribution in [1.82, 2.24) is 0 Å². The molecule has 3 aromatic rings. The summed E-state index contributed by atoms with van der Waals surface area (Å²) in [6, 6.07) is 30.8. The fourth-order valence-electron chi connectivity index (χ4n) is 3.78. The maximum atomic E-state index is 9.35. The minimum absolute atomic E-state index is 0.0530. The fourth-order valence-corrected chi connectivity index (χ4v) is 3.78. The summed E-state index contributed by atoms with van der Waals surface area (Å²) in [5.74, 6) is 1.31. The smallest absolute Gasteiger partial charge is 0.269 e. The summed E-state index contributed by atoms with van der Waals surface area (Å²) in [5, 5.41) is 9.35. The third kappa shape index (κ3) is 5.63. The van der Waals surface area contributed by atoms with Gasteiger partial charge in [-0.3, -0.25) is 0 Å². The Morgan fingerprint density at radius 2 is 1.39 bits per heavy atom. The van der Waals surface area contributed by atoms with E-state index in [1.807, 2.05) is 75.4 Å². The zero-order chi connectivity index (χ0) is 25.5. The molecule has 0 amide bonds. The predicted molar refractivity (Wildman–Crippen MR) is 146 cm³/mol. The van der Waals surface area contributed by atoms with E-state index in [-0.39, 0.29) is 11.1 Å². The molecular weight excluding hydrogens is 442 g/mol. The lowest BCUT2D eigenvalue weighted by atomic mass is 9.91. The summed E-state index contributed by atoms with van der Waals surface area (Å²) in [4.78, 5) is 5.58. The van der Waals surface area contributed by atoms with Crippen molar-refractivity contribution >= 4 is 23.1 Å². The molecule has 4 nitrogen and oxygen atoms in total. The van der Waals surface area contributed by atoms with Gasteiger partial charge in [0.15, 0.2) is 0 Å². The number of rotatable bonds is 5. The summed E-state index contributed by atoms with van der Waals surface area (Å²) in [5.41, 5.74) is 4.59. The molecule has 0 fully saturated rings. The van der Waals surface area contributed by atoms with Gasteiger partial charge in [0.1, 0.15) is 11.5 Å². The van der Waals surface area contributed by atoms with Crippen molar-refractivity contribution in [3.8, 4) is 6.07 Å². The Balaban J connectivity index is 1.63. The second-order valence-electron chi connectivity index (χ2n) is 9.37. The summed E-state index contributed by atoms with van der Waals surface area (Å²) < 4.78 is 6.10. The molecule has 0 aromatic heterocycles. The van der Waals surface area contributed by atoms with E-state index >= 15 is 0 Å². The van der Waals surface area contributed by atoms with E-state index in [1.54, 1.807) is 12.2 Å². The molecule has 1 aliphatic heterocycles. The van der Waals surface area contributed by atoms with E-state index in [4.69, 9.17) is 11.3 Å². The van der Waals surface area contributed by atoms with Crippen LogP contribution in [-0.2, 0) is 4.74 Å². The maximum absolute atomic E-state index is 9.35. The Labute approximate surface area is 213 Å². The van der Waals surface area contributed by atoms with Gasteiger partial charge in [-0.1, -0.05) is 75.4 Å². The van der Waals surface area contributed by atoms with Gasteiger partial charge in [-0.2, -0.15) is 0 Å². The monoisotopic (exact) mass is 469 g/mol. The highest BCUT2D eigenvalue weighted by atomic mass is 16.5. The van der Waals surface area contributed by atoms with Crippen LogP contribution in [0.3, 0.4) is 0 Å². The second kappa shape index (κ2) is 10.6. The molecule has 1 aliphatic rings. The Morgan fingerprint density at radius 1 is 0.833 bits per heavy atom. The number of hydrogen-bond acceptors (Lipinski definition) is 3. The van der Waals surface area contributed by atoms with Crippen molar-refractivity contribution in [1.29, 1.82) is 5.26 Å². The lowest BCUT2D eigenvalue weighted by molar-refractivity contribution is 0.223. The number of para-hydroxylation sites is 2. The Hall–Kier alpha value is -4.80. The van der Waals surface area contributed by atoms with Gasteiger partial charge >= 0.3 is 0 Å². The first kappa shape index (κ1) is 24.3. The number of hydrogen-bond donors (Lipinski definition) is 0. The molecule has 0 spiro atoms. The number of anilines is 3. The highest BCUT2D eigenvalue weighted by molar-refractivity contribution is 5.77. The van der Waals surface area contributed by atoms with Crippen molar-refractivity contribution in [2.45, 2.75) is 20.8 Å². The van der Waals surface area contributed by atoms with Crippen LogP contribution in [0.15, 0.2) is 126 Å². The second-order valence-corrected chi connectivity index (χ2v) is 9.37. The fraction of sp³-hybridized carbons (Fsp3) is 0.125. The van der Waals surface area contributed by atoms with Gasteiger partial charge in [0.25, 0.3) is 5.70 Å². The molecule has 4 rings (SSSR count). The molecule has 0 bridgehead atoms. The van der Waals surface area contributed by atoms with Crippen molar-refractivity contribution in [3.63, 3.8) is 0 Å². The minimum atomic E-state index is -0.263. The summed E-state index contributed by atoms with van der Waals surface area (Å²) in [6.07, 6.45) is 7.37. The van der Waals surface area contributed by atoms with Crippen molar-refractivity contribution in [2.24, 2.45) is 5.41 Å². The largest absolute Gasteiger partial charge is 0.461 e. The van der Waals surface area contributed by atoms with E-state index in [0.717, 1.165) is 22.6 Å². The van der Waals surface area contributed by atoms with E-state index in [0.29, 0.717) is 17.1 Å². The highest BCUT2D eigenvalue weighted by Gasteiger charge is 2.24. The molecule has 0 N–H and O–H groups in total. The third-order valence-electron chi connectivity index (χ3n) is 5.66. The zero-order valence-corrected chi connectivity index (χ0v) is 20.6. The van der Waals surface area contributed by atoms with Gasteiger partial charge in [0, 0.05) is 22.5 Å². The van der Waals surface area contributed by atoms with E-state index in [1.165, 1.54) is 0 Å². The standard InChI is InChI=1S/C32H27N3O/c1-32(2,3)31-22-25(30(23-33)34-4)21-29(36-31)20-17-24-15-18-28(19-16-24)35(26-11-7-5-8-12-26)27-13-9-6-10-14-27/h5-22H,1-3H3/b20-17?,30-25-. The number of allylic oxidation sites excluding steroid dienone is 6. The van der Waals surface area contributed by atoms with Crippen LogP contribution >= 0.6 is 0 Å². The van der Waals surface area contributed by atoms with Crippen LogP contribution in [0.4, 0.5) is 17.1 Å². The van der Waals surface area contributed by atoms with Crippen molar-refractivity contribution in [3.05, 3.63) is 143 Å². The van der Waals surface area contributed by atoms with Gasteiger partial charge in [-0.05, 0) is 65.8 Å². The van der Waals surface area contributed by atoms with Crippen LogP contribution in [0.5, 0.6) is 0 Å². The SMILES string of the molecule is [C-]#[N+]/C(C#N)=C1/C=C(C=Cc2ccc(N(c3ccccc3)c3ccccc3)cc2)OC(C(C)(C)C)=C1. The number of ether oxygens (including phenoxy) is 1. The third-order valence-corrected chi connectivity index (χ3v) is 5.66. The molecule has 0 saturated heterocycles. The molecule has 0 radical (unpaired) electrons. The summed E-state index contributed by atoms with van der Waals surface area (Å²) in [6.45, 7) is 13.4. The molecule has 4 heteroatoms. The highest BCUT2D eigenvalue weighted by Crippen LogP contribution is 2.36. The predicted octanol–water partition coefficient (Wildman–Crippen LogP) is 8.71. The Bertz CT molecular complexity index is 1370. The first-order chi connectivity index (χ1) is 17.4. The van der Waals surface area contributed by atoms with Crippen LogP contribution < -0.4 is 4.90 Å². The minimum Gasteiger partial charge on any atom is -0.461 e.